The molecule has 1 aliphatic heterocycles. The molecule has 1 fully saturated rings. The molecular weight excluding hydrogens is 312 g/mol. The summed E-state index contributed by atoms with van der Waals surface area (Å²) in [5.74, 6) is 0.427. The zero-order valence-corrected chi connectivity index (χ0v) is 13.2. The molecule has 6 nitrogen and oxygen atoms in total. The van der Waals surface area contributed by atoms with E-state index in [4.69, 9.17) is 0 Å². The molecule has 2 aromatic heterocycles. The molecule has 23 heavy (non-hydrogen) atoms. The van der Waals surface area contributed by atoms with Gasteiger partial charge >= 0.3 is 0 Å². The number of hydrogen-bond donors (Lipinski definition) is 0. The molecule has 7 heteroatoms. The molecule has 0 unspecified atom stereocenters. The molecule has 1 aromatic carbocycles. The van der Waals surface area contributed by atoms with Gasteiger partial charge in [0.15, 0.2) is 9.84 Å². The van der Waals surface area contributed by atoms with Gasteiger partial charge in [0.25, 0.3) is 0 Å². The first kappa shape index (κ1) is 14.2. The summed E-state index contributed by atoms with van der Waals surface area (Å²) in [7, 11) is -2.91. The number of hydrogen-bond acceptors (Lipinski definition) is 4. The van der Waals surface area contributed by atoms with Crippen LogP contribution in [0.4, 0.5) is 0 Å². The number of aromatic nitrogens is 4. The highest BCUT2D eigenvalue weighted by atomic mass is 32.2. The fourth-order valence-electron chi connectivity index (χ4n) is 2.86. The zero-order valence-electron chi connectivity index (χ0n) is 12.4. The maximum atomic E-state index is 11.6. The Morgan fingerprint density at radius 2 is 1.74 bits per heavy atom. The molecule has 0 N–H and O–H groups in total. The van der Waals surface area contributed by atoms with E-state index in [1.165, 1.54) is 0 Å². The first-order valence-electron chi connectivity index (χ1n) is 7.46. The Morgan fingerprint density at radius 1 is 1.00 bits per heavy atom. The van der Waals surface area contributed by atoms with Crippen molar-refractivity contribution >= 4 is 9.84 Å². The van der Waals surface area contributed by atoms with Gasteiger partial charge in [-0.2, -0.15) is 10.2 Å². The molecule has 0 aliphatic carbocycles. The molecule has 4 rings (SSSR count). The molecule has 118 valence electrons. The second kappa shape index (κ2) is 5.34. The molecule has 3 aromatic rings. The van der Waals surface area contributed by atoms with Gasteiger partial charge in [-0.1, -0.05) is 18.2 Å². The third-order valence-electron chi connectivity index (χ3n) is 4.12. The number of sulfone groups is 1. The average Bonchev–Trinajstić information content (AvgIpc) is 3.25. The largest absolute Gasteiger partial charge is 0.268 e. The van der Waals surface area contributed by atoms with Gasteiger partial charge in [-0.3, -0.25) is 4.68 Å². The van der Waals surface area contributed by atoms with E-state index in [0.717, 1.165) is 16.8 Å². The molecular formula is C16H16N4O2S. The molecule has 0 spiro atoms. The summed E-state index contributed by atoms with van der Waals surface area (Å²) in [4.78, 5) is 0. The predicted octanol–water partition coefficient (Wildman–Crippen LogP) is 2.10. The normalized spacial score (nSPS) is 19.9. The summed E-state index contributed by atoms with van der Waals surface area (Å²) in [6.07, 6.45) is 8.03. The van der Waals surface area contributed by atoms with Crippen molar-refractivity contribution in [2.24, 2.45) is 0 Å². The van der Waals surface area contributed by atoms with E-state index in [1.54, 1.807) is 17.1 Å². The SMILES string of the molecule is O=S1(=O)CC[C@H](n2cc(-c3cnn(-c4ccccc4)c3)cn2)C1. The van der Waals surface area contributed by atoms with Crippen molar-refractivity contribution in [3.8, 4) is 16.8 Å². The Hall–Kier alpha value is -2.41. The van der Waals surface area contributed by atoms with E-state index < -0.39 is 9.84 Å². The lowest BCUT2D eigenvalue weighted by Crippen LogP contribution is -2.11. The molecule has 0 saturated carbocycles. The van der Waals surface area contributed by atoms with Crippen LogP contribution < -0.4 is 0 Å². The molecule has 1 saturated heterocycles. The minimum Gasteiger partial charge on any atom is -0.268 e. The number of benzene rings is 1. The summed E-state index contributed by atoms with van der Waals surface area (Å²) in [5.41, 5.74) is 2.89. The van der Waals surface area contributed by atoms with E-state index >= 15 is 0 Å². The van der Waals surface area contributed by atoms with E-state index in [0.29, 0.717) is 6.42 Å². The fourth-order valence-corrected chi connectivity index (χ4v) is 4.57. The van der Waals surface area contributed by atoms with Crippen LogP contribution in [0.2, 0.25) is 0 Å². The van der Waals surface area contributed by atoms with E-state index in [9.17, 15) is 8.42 Å². The monoisotopic (exact) mass is 328 g/mol. The van der Waals surface area contributed by atoms with Crippen LogP contribution in [0.3, 0.4) is 0 Å². The first-order valence-corrected chi connectivity index (χ1v) is 9.28. The van der Waals surface area contributed by atoms with E-state index in [-0.39, 0.29) is 17.5 Å². The highest BCUT2D eigenvalue weighted by Crippen LogP contribution is 2.26. The van der Waals surface area contributed by atoms with Gasteiger partial charge in [0.05, 0.1) is 35.6 Å². The lowest BCUT2D eigenvalue weighted by molar-refractivity contribution is 0.500. The quantitative estimate of drug-likeness (QED) is 0.738. The molecule has 0 bridgehead atoms. The van der Waals surface area contributed by atoms with Gasteiger partial charge < -0.3 is 0 Å². The van der Waals surface area contributed by atoms with Crippen LogP contribution >= 0.6 is 0 Å². The van der Waals surface area contributed by atoms with Crippen LogP contribution in [-0.4, -0.2) is 39.5 Å². The van der Waals surface area contributed by atoms with Crippen molar-refractivity contribution in [1.82, 2.24) is 19.6 Å². The van der Waals surface area contributed by atoms with Crippen LogP contribution in [0, 0.1) is 0 Å². The lowest BCUT2D eigenvalue weighted by atomic mass is 10.2. The predicted molar refractivity (Wildman–Crippen MR) is 87.1 cm³/mol. The highest BCUT2D eigenvalue weighted by Gasteiger charge is 2.29. The highest BCUT2D eigenvalue weighted by molar-refractivity contribution is 7.91. The number of rotatable bonds is 3. The van der Waals surface area contributed by atoms with Crippen molar-refractivity contribution in [1.29, 1.82) is 0 Å². The third-order valence-corrected chi connectivity index (χ3v) is 5.87. The average molecular weight is 328 g/mol. The van der Waals surface area contributed by atoms with Gasteiger partial charge in [-0.15, -0.1) is 0 Å². The van der Waals surface area contributed by atoms with Crippen molar-refractivity contribution in [2.45, 2.75) is 12.5 Å². The van der Waals surface area contributed by atoms with Crippen LogP contribution in [0.15, 0.2) is 55.1 Å². The minimum absolute atomic E-state index is 0.0575. The lowest BCUT2D eigenvalue weighted by Gasteiger charge is -2.06. The van der Waals surface area contributed by atoms with Crippen LogP contribution in [0.1, 0.15) is 12.5 Å². The Balaban J connectivity index is 1.59. The van der Waals surface area contributed by atoms with E-state index in [2.05, 4.69) is 10.2 Å². The molecule has 3 heterocycles. The molecule has 0 radical (unpaired) electrons. The standard InChI is InChI=1S/C16H16N4O2S/c21-23(22)7-6-16(12-23)20-11-14(9-18-20)13-8-17-19(10-13)15-4-2-1-3-5-15/h1-5,8-11,16H,6-7,12H2/t16-/m0/s1. The Morgan fingerprint density at radius 3 is 2.48 bits per heavy atom. The Kier molecular flexibility index (Phi) is 3.30. The maximum Gasteiger partial charge on any atom is 0.152 e. The zero-order chi connectivity index (χ0) is 15.9. The van der Waals surface area contributed by atoms with Gasteiger partial charge in [-0.25, -0.2) is 13.1 Å². The summed E-state index contributed by atoms with van der Waals surface area (Å²) < 4.78 is 26.8. The van der Waals surface area contributed by atoms with Crippen LogP contribution in [0.25, 0.3) is 16.8 Å². The van der Waals surface area contributed by atoms with Gasteiger partial charge in [0, 0.05) is 23.5 Å². The first-order chi connectivity index (χ1) is 11.1. The summed E-state index contributed by atoms with van der Waals surface area (Å²) in [6.45, 7) is 0. The van der Waals surface area contributed by atoms with Gasteiger partial charge in [-0.05, 0) is 18.6 Å². The summed E-state index contributed by atoms with van der Waals surface area (Å²) in [6, 6.07) is 9.82. The number of para-hydroxylation sites is 1. The molecule has 1 atom stereocenters. The van der Waals surface area contributed by atoms with Gasteiger partial charge in [0.1, 0.15) is 0 Å². The maximum absolute atomic E-state index is 11.6. The summed E-state index contributed by atoms with van der Waals surface area (Å²) >= 11 is 0. The van der Waals surface area contributed by atoms with Crippen molar-refractivity contribution in [2.75, 3.05) is 11.5 Å². The summed E-state index contributed by atoms with van der Waals surface area (Å²) in [5, 5.41) is 8.71. The van der Waals surface area contributed by atoms with Crippen molar-refractivity contribution < 1.29 is 8.42 Å². The van der Waals surface area contributed by atoms with E-state index in [1.807, 2.05) is 47.4 Å². The van der Waals surface area contributed by atoms with Crippen molar-refractivity contribution in [3.05, 3.63) is 55.1 Å². The topological polar surface area (TPSA) is 69.8 Å². The fraction of sp³-hybridized carbons (Fsp3) is 0.250. The molecule has 1 aliphatic rings. The van der Waals surface area contributed by atoms with Crippen LogP contribution in [0.5, 0.6) is 0 Å². The number of nitrogens with zero attached hydrogens (tertiary/aromatic N) is 4. The molecule has 0 amide bonds. The smallest absolute Gasteiger partial charge is 0.152 e. The van der Waals surface area contributed by atoms with Crippen molar-refractivity contribution in [3.63, 3.8) is 0 Å². The Bertz CT molecular complexity index is 928. The Labute approximate surface area is 134 Å². The van der Waals surface area contributed by atoms with Crippen LogP contribution in [-0.2, 0) is 9.84 Å². The third kappa shape index (κ3) is 2.79. The minimum atomic E-state index is -2.91. The second-order valence-electron chi connectivity index (χ2n) is 5.78. The van der Waals surface area contributed by atoms with Gasteiger partial charge in [0.2, 0.25) is 0 Å². The second-order valence-corrected chi connectivity index (χ2v) is 8.00.